The van der Waals surface area contributed by atoms with Gasteiger partial charge in [0.2, 0.25) is 0 Å². The lowest BCUT2D eigenvalue weighted by Gasteiger charge is -2.16. The van der Waals surface area contributed by atoms with Crippen LogP contribution in [-0.4, -0.2) is 6.61 Å². The Kier molecular flexibility index (Phi) is 3.96. The van der Waals surface area contributed by atoms with Crippen LogP contribution in [0.4, 0.5) is 0 Å². The molecule has 88 valence electrons. The largest absolute Gasteiger partial charge is 0.493 e. The predicted octanol–water partition coefficient (Wildman–Crippen LogP) is 4.87. The van der Waals surface area contributed by atoms with E-state index in [-0.39, 0.29) is 0 Å². The summed E-state index contributed by atoms with van der Waals surface area (Å²) in [5.41, 5.74) is 2.62. The lowest BCUT2D eigenvalue weighted by Crippen LogP contribution is -1.99. The van der Waals surface area contributed by atoms with Gasteiger partial charge in [0.05, 0.1) is 6.61 Å². The minimum Gasteiger partial charge on any atom is -0.493 e. The van der Waals surface area contributed by atoms with Gasteiger partial charge in [0.1, 0.15) is 5.75 Å². The van der Waals surface area contributed by atoms with Crippen molar-refractivity contribution in [1.29, 1.82) is 0 Å². The molecule has 0 amide bonds. The van der Waals surface area contributed by atoms with Crippen molar-refractivity contribution in [2.24, 2.45) is 5.92 Å². The molecule has 1 heterocycles. The molecule has 1 nitrogen and oxygen atoms in total. The zero-order valence-corrected chi connectivity index (χ0v) is 12.8. The van der Waals surface area contributed by atoms with Gasteiger partial charge in [-0.1, -0.05) is 45.7 Å². The molecule has 0 saturated heterocycles. The van der Waals surface area contributed by atoms with Crippen molar-refractivity contribution in [3.8, 4) is 5.75 Å². The normalized spacial score (nSPS) is 16.1. The zero-order valence-electron chi connectivity index (χ0n) is 9.59. The molecule has 1 atom stereocenters. The number of hydrogen-bond donors (Lipinski definition) is 0. The van der Waals surface area contributed by atoms with Crippen molar-refractivity contribution in [1.82, 2.24) is 0 Å². The van der Waals surface area contributed by atoms with Gasteiger partial charge in [-0.3, -0.25) is 0 Å². The molecule has 1 aromatic rings. The molecule has 0 aliphatic carbocycles. The van der Waals surface area contributed by atoms with Crippen LogP contribution in [0.1, 0.15) is 36.2 Å². The SMILES string of the molecule is CC(C)CC(Br)c1cc(Br)cc2c1OCC2. The van der Waals surface area contributed by atoms with Gasteiger partial charge in [0, 0.05) is 21.3 Å². The molecule has 0 aromatic heterocycles. The van der Waals surface area contributed by atoms with E-state index in [1.54, 1.807) is 0 Å². The predicted molar refractivity (Wildman–Crippen MR) is 74.5 cm³/mol. The molecule has 1 aliphatic rings. The Labute approximate surface area is 114 Å². The number of halogens is 2. The highest BCUT2D eigenvalue weighted by atomic mass is 79.9. The van der Waals surface area contributed by atoms with Crippen molar-refractivity contribution in [2.75, 3.05) is 6.61 Å². The highest BCUT2D eigenvalue weighted by molar-refractivity contribution is 9.10. The molecule has 1 aromatic carbocycles. The van der Waals surface area contributed by atoms with Gasteiger partial charge < -0.3 is 4.74 Å². The van der Waals surface area contributed by atoms with Gasteiger partial charge in [-0.2, -0.15) is 0 Å². The number of fused-ring (bicyclic) bond motifs is 1. The summed E-state index contributed by atoms with van der Waals surface area (Å²) in [6.45, 7) is 5.31. The molecule has 0 fully saturated rings. The van der Waals surface area contributed by atoms with E-state index in [4.69, 9.17) is 4.74 Å². The number of rotatable bonds is 3. The molecule has 1 unspecified atom stereocenters. The number of benzene rings is 1. The lowest BCUT2D eigenvalue weighted by molar-refractivity contribution is 0.352. The molecule has 1 aliphatic heterocycles. The molecule has 0 N–H and O–H groups in total. The Bertz CT molecular complexity index is 388. The van der Waals surface area contributed by atoms with E-state index in [0.717, 1.165) is 29.7 Å². The van der Waals surface area contributed by atoms with Crippen LogP contribution in [0.25, 0.3) is 0 Å². The Morgan fingerprint density at radius 1 is 1.38 bits per heavy atom. The third-order valence-corrected chi connectivity index (χ3v) is 4.12. The van der Waals surface area contributed by atoms with E-state index in [1.807, 2.05) is 0 Å². The van der Waals surface area contributed by atoms with E-state index < -0.39 is 0 Å². The van der Waals surface area contributed by atoms with Gasteiger partial charge in [-0.05, 0) is 30.0 Å². The molecular weight excluding hydrogens is 332 g/mol. The standard InChI is InChI=1S/C13H16Br2O/c1-8(2)5-12(15)11-7-10(14)6-9-3-4-16-13(9)11/h6-8,12H,3-5H2,1-2H3. The average Bonchev–Trinajstić information content (AvgIpc) is 2.62. The first-order chi connectivity index (χ1) is 7.58. The molecule has 0 bridgehead atoms. The molecule has 0 saturated carbocycles. The monoisotopic (exact) mass is 346 g/mol. The summed E-state index contributed by atoms with van der Waals surface area (Å²) in [5, 5.41) is 0. The smallest absolute Gasteiger partial charge is 0.127 e. The van der Waals surface area contributed by atoms with Crippen molar-refractivity contribution in [3.05, 3.63) is 27.7 Å². The summed E-state index contributed by atoms with van der Waals surface area (Å²) >= 11 is 7.35. The van der Waals surface area contributed by atoms with Gasteiger partial charge in [-0.25, -0.2) is 0 Å². The van der Waals surface area contributed by atoms with Gasteiger partial charge >= 0.3 is 0 Å². The van der Waals surface area contributed by atoms with Crippen LogP contribution in [0.3, 0.4) is 0 Å². The van der Waals surface area contributed by atoms with Crippen LogP contribution < -0.4 is 4.74 Å². The van der Waals surface area contributed by atoms with Crippen molar-refractivity contribution in [3.63, 3.8) is 0 Å². The molecule has 2 rings (SSSR count). The highest BCUT2D eigenvalue weighted by Gasteiger charge is 2.22. The van der Waals surface area contributed by atoms with Crippen LogP contribution in [-0.2, 0) is 6.42 Å². The highest BCUT2D eigenvalue weighted by Crippen LogP contribution is 2.41. The Morgan fingerprint density at radius 3 is 2.81 bits per heavy atom. The van der Waals surface area contributed by atoms with Gasteiger partial charge in [-0.15, -0.1) is 0 Å². The summed E-state index contributed by atoms with van der Waals surface area (Å²) in [7, 11) is 0. The second kappa shape index (κ2) is 5.09. The lowest BCUT2D eigenvalue weighted by atomic mass is 9.99. The second-order valence-electron chi connectivity index (χ2n) is 4.68. The van der Waals surface area contributed by atoms with Crippen LogP contribution in [0.5, 0.6) is 5.75 Å². The molecular formula is C13H16Br2O. The molecule has 0 spiro atoms. The topological polar surface area (TPSA) is 9.23 Å². The third kappa shape index (κ3) is 2.62. The van der Waals surface area contributed by atoms with Crippen LogP contribution in [0.2, 0.25) is 0 Å². The fourth-order valence-electron chi connectivity index (χ4n) is 2.07. The first-order valence-electron chi connectivity index (χ1n) is 5.67. The van der Waals surface area contributed by atoms with Crippen LogP contribution in [0, 0.1) is 5.92 Å². The first kappa shape index (κ1) is 12.4. The van der Waals surface area contributed by atoms with E-state index in [0.29, 0.717) is 10.7 Å². The fraction of sp³-hybridized carbons (Fsp3) is 0.538. The maximum absolute atomic E-state index is 5.74. The Balaban J connectivity index is 2.33. The number of ether oxygens (including phenoxy) is 1. The van der Waals surface area contributed by atoms with Crippen LogP contribution in [0.15, 0.2) is 16.6 Å². The first-order valence-corrected chi connectivity index (χ1v) is 7.38. The fourth-order valence-corrected chi connectivity index (χ4v) is 3.68. The molecule has 0 radical (unpaired) electrons. The second-order valence-corrected chi connectivity index (χ2v) is 6.70. The summed E-state index contributed by atoms with van der Waals surface area (Å²) in [6.07, 6.45) is 2.16. The van der Waals surface area contributed by atoms with Crippen LogP contribution >= 0.6 is 31.9 Å². The van der Waals surface area contributed by atoms with E-state index in [1.165, 1.54) is 11.1 Å². The summed E-state index contributed by atoms with van der Waals surface area (Å²) in [4.78, 5) is 0.386. The number of hydrogen-bond acceptors (Lipinski definition) is 1. The van der Waals surface area contributed by atoms with Gasteiger partial charge in [0.15, 0.2) is 0 Å². The minimum absolute atomic E-state index is 0.386. The third-order valence-electron chi connectivity index (χ3n) is 2.79. The molecule has 3 heteroatoms. The van der Waals surface area contributed by atoms with Crippen molar-refractivity contribution in [2.45, 2.75) is 31.5 Å². The van der Waals surface area contributed by atoms with Crippen molar-refractivity contribution < 1.29 is 4.74 Å². The summed E-state index contributed by atoms with van der Waals surface area (Å²) in [5.74, 6) is 1.78. The maximum Gasteiger partial charge on any atom is 0.127 e. The Hall–Kier alpha value is -0.0200. The summed E-state index contributed by atoms with van der Waals surface area (Å²) < 4.78 is 6.89. The summed E-state index contributed by atoms with van der Waals surface area (Å²) in [6, 6.07) is 4.34. The van der Waals surface area contributed by atoms with Gasteiger partial charge in [0.25, 0.3) is 0 Å². The Morgan fingerprint density at radius 2 is 2.12 bits per heavy atom. The zero-order chi connectivity index (χ0) is 11.7. The van der Waals surface area contributed by atoms with E-state index in [9.17, 15) is 0 Å². The number of alkyl halides is 1. The quantitative estimate of drug-likeness (QED) is 0.709. The van der Waals surface area contributed by atoms with E-state index >= 15 is 0 Å². The average molecular weight is 348 g/mol. The van der Waals surface area contributed by atoms with E-state index in [2.05, 4.69) is 57.8 Å². The van der Waals surface area contributed by atoms with Crippen molar-refractivity contribution >= 4 is 31.9 Å². The minimum atomic E-state index is 0.386. The molecule has 16 heavy (non-hydrogen) atoms. The maximum atomic E-state index is 5.74.